The Bertz CT molecular complexity index is 552. The van der Waals surface area contributed by atoms with Crippen LogP contribution in [0.15, 0.2) is 18.2 Å². The second-order valence-corrected chi connectivity index (χ2v) is 5.79. The van der Waals surface area contributed by atoms with Crippen LogP contribution in [0.5, 0.6) is 0 Å². The molecular weight excluding hydrogens is 325 g/mol. The topological polar surface area (TPSA) is 84.2 Å². The summed E-state index contributed by atoms with van der Waals surface area (Å²) in [4.78, 5) is 23.8. The molecule has 1 fully saturated rings. The van der Waals surface area contributed by atoms with Gasteiger partial charge in [-0.2, -0.15) is 0 Å². The summed E-state index contributed by atoms with van der Waals surface area (Å²) in [6, 6.07) is 4.97. The van der Waals surface area contributed by atoms with Gasteiger partial charge in [-0.25, -0.2) is 0 Å². The summed E-state index contributed by atoms with van der Waals surface area (Å²) in [6.07, 6.45) is 3.55. The van der Waals surface area contributed by atoms with E-state index in [1.807, 2.05) is 0 Å². The number of carbonyl (C=O) groups excluding carboxylic acids is 2. The number of benzene rings is 1. The SMILES string of the molecule is CNC(=O)c1ccc(NC(=O)C2CCCC(N)C2)cc1Cl.Cl. The molecule has 0 aromatic heterocycles. The van der Waals surface area contributed by atoms with Gasteiger partial charge in [0, 0.05) is 24.7 Å². The van der Waals surface area contributed by atoms with Crippen LogP contribution in [0.2, 0.25) is 5.02 Å². The third-order valence-corrected chi connectivity index (χ3v) is 4.11. The van der Waals surface area contributed by atoms with Gasteiger partial charge in [-0.15, -0.1) is 12.4 Å². The standard InChI is InChI=1S/C15H20ClN3O2.ClH/c1-18-15(21)12-6-5-11(8-13(12)16)19-14(20)9-3-2-4-10(17)7-9;/h5-6,8-10H,2-4,7,17H2,1H3,(H,18,21)(H,19,20);1H. The molecule has 2 atom stereocenters. The number of anilines is 1. The van der Waals surface area contributed by atoms with Crippen molar-refractivity contribution in [3.63, 3.8) is 0 Å². The quantitative estimate of drug-likeness (QED) is 0.786. The first-order valence-electron chi connectivity index (χ1n) is 7.09. The third-order valence-electron chi connectivity index (χ3n) is 3.79. The first-order chi connectivity index (χ1) is 10.0. The van der Waals surface area contributed by atoms with Gasteiger partial charge in [0.25, 0.3) is 5.91 Å². The molecule has 0 spiro atoms. The van der Waals surface area contributed by atoms with Crippen molar-refractivity contribution >= 4 is 41.5 Å². The van der Waals surface area contributed by atoms with Crippen molar-refractivity contribution in [3.05, 3.63) is 28.8 Å². The Balaban J connectivity index is 0.00000242. The molecule has 4 N–H and O–H groups in total. The van der Waals surface area contributed by atoms with Gasteiger partial charge in [0.1, 0.15) is 0 Å². The predicted octanol–water partition coefficient (Wildman–Crippen LogP) is 2.58. The molecule has 1 aromatic carbocycles. The minimum absolute atomic E-state index is 0. The molecule has 2 unspecified atom stereocenters. The first kappa shape index (κ1) is 18.7. The number of nitrogens with two attached hydrogens (primary N) is 1. The highest BCUT2D eigenvalue weighted by atomic mass is 35.5. The normalized spacial score (nSPS) is 20.7. The minimum Gasteiger partial charge on any atom is -0.355 e. The zero-order chi connectivity index (χ0) is 15.4. The zero-order valence-corrected chi connectivity index (χ0v) is 14.0. The predicted molar refractivity (Wildman–Crippen MR) is 90.7 cm³/mol. The number of hydrogen-bond donors (Lipinski definition) is 3. The lowest BCUT2D eigenvalue weighted by Crippen LogP contribution is -2.34. The van der Waals surface area contributed by atoms with E-state index in [1.54, 1.807) is 25.2 Å². The van der Waals surface area contributed by atoms with Gasteiger partial charge in [-0.3, -0.25) is 9.59 Å². The molecule has 1 aromatic rings. The molecule has 1 aliphatic carbocycles. The molecule has 5 nitrogen and oxygen atoms in total. The number of halogens is 2. The Morgan fingerprint density at radius 3 is 2.64 bits per heavy atom. The molecule has 2 rings (SSSR count). The van der Waals surface area contributed by atoms with Crippen LogP contribution in [-0.2, 0) is 4.79 Å². The van der Waals surface area contributed by atoms with E-state index in [0.717, 1.165) is 25.7 Å². The van der Waals surface area contributed by atoms with Gasteiger partial charge >= 0.3 is 0 Å². The summed E-state index contributed by atoms with van der Waals surface area (Å²) in [5.41, 5.74) is 6.88. The molecule has 0 heterocycles. The fourth-order valence-electron chi connectivity index (χ4n) is 2.62. The van der Waals surface area contributed by atoms with Gasteiger partial charge in [0.15, 0.2) is 0 Å². The molecule has 1 aliphatic rings. The first-order valence-corrected chi connectivity index (χ1v) is 7.47. The number of rotatable bonds is 3. The van der Waals surface area contributed by atoms with Crippen LogP contribution in [0.1, 0.15) is 36.0 Å². The number of amides is 2. The molecule has 22 heavy (non-hydrogen) atoms. The number of nitrogens with one attached hydrogen (secondary N) is 2. The highest BCUT2D eigenvalue weighted by molar-refractivity contribution is 6.34. The average Bonchev–Trinajstić information content (AvgIpc) is 2.46. The van der Waals surface area contributed by atoms with Crippen molar-refractivity contribution in [2.45, 2.75) is 31.7 Å². The van der Waals surface area contributed by atoms with E-state index in [0.29, 0.717) is 16.3 Å². The fraction of sp³-hybridized carbons (Fsp3) is 0.467. The lowest BCUT2D eigenvalue weighted by molar-refractivity contribution is -0.120. The highest BCUT2D eigenvalue weighted by Gasteiger charge is 2.25. The second-order valence-electron chi connectivity index (χ2n) is 5.39. The van der Waals surface area contributed by atoms with Crippen LogP contribution in [0.4, 0.5) is 5.69 Å². The van der Waals surface area contributed by atoms with E-state index in [1.165, 1.54) is 0 Å². The smallest absolute Gasteiger partial charge is 0.252 e. The summed E-state index contributed by atoms with van der Waals surface area (Å²) in [7, 11) is 1.54. The van der Waals surface area contributed by atoms with Gasteiger partial charge in [0.05, 0.1) is 10.6 Å². The van der Waals surface area contributed by atoms with Crippen molar-refractivity contribution < 1.29 is 9.59 Å². The number of carbonyl (C=O) groups is 2. The van der Waals surface area contributed by atoms with E-state index >= 15 is 0 Å². The lowest BCUT2D eigenvalue weighted by Gasteiger charge is -2.25. The van der Waals surface area contributed by atoms with Crippen LogP contribution < -0.4 is 16.4 Å². The van der Waals surface area contributed by atoms with Crippen molar-refractivity contribution in [2.24, 2.45) is 11.7 Å². The van der Waals surface area contributed by atoms with Gasteiger partial charge in [0.2, 0.25) is 5.91 Å². The van der Waals surface area contributed by atoms with Gasteiger partial charge < -0.3 is 16.4 Å². The Labute approximate surface area is 141 Å². The zero-order valence-electron chi connectivity index (χ0n) is 12.4. The van der Waals surface area contributed by atoms with E-state index in [-0.39, 0.29) is 36.2 Å². The van der Waals surface area contributed by atoms with E-state index in [2.05, 4.69) is 10.6 Å². The van der Waals surface area contributed by atoms with E-state index in [9.17, 15) is 9.59 Å². The van der Waals surface area contributed by atoms with Crippen molar-refractivity contribution in [2.75, 3.05) is 12.4 Å². The third kappa shape index (κ3) is 4.60. The molecule has 0 saturated heterocycles. The van der Waals surface area contributed by atoms with Crippen LogP contribution in [0.3, 0.4) is 0 Å². The maximum atomic E-state index is 12.2. The molecule has 0 aliphatic heterocycles. The molecule has 2 amide bonds. The van der Waals surface area contributed by atoms with Crippen LogP contribution in [0.25, 0.3) is 0 Å². The molecular formula is C15H21Cl2N3O2. The Morgan fingerprint density at radius 1 is 1.32 bits per heavy atom. The second kappa shape index (κ2) is 8.36. The van der Waals surface area contributed by atoms with E-state index in [4.69, 9.17) is 17.3 Å². The minimum atomic E-state index is -0.254. The monoisotopic (exact) mass is 345 g/mol. The summed E-state index contributed by atoms with van der Waals surface area (Å²) >= 11 is 6.06. The maximum absolute atomic E-state index is 12.2. The summed E-state index contributed by atoms with van der Waals surface area (Å²) in [5, 5.41) is 5.67. The largest absolute Gasteiger partial charge is 0.355 e. The van der Waals surface area contributed by atoms with Gasteiger partial charge in [-0.1, -0.05) is 18.0 Å². The summed E-state index contributed by atoms with van der Waals surface area (Å²) in [5.74, 6) is -0.337. The number of hydrogen-bond acceptors (Lipinski definition) is 3. The summed E-state index contributed by atoms with van der Waals surface area (Å²) < 4.78 is 0. The van der Waals surface area contributed by atoms with Crippen molar-refractivity contribution in [1.82, 2.24) is 5.32 Å². The van der Waals surface area contributed by atoms with Crippen LogP contribution in [0, 0.1) is 5.92 Å². The van der Waals surface area contributed by atoms with E-state index < -0.39 is 0 Å². The van der Waals surface area contributed by atoms with Crippen LogP contribution >= 0.6 is 24.0 Å². The molecule has 1 saturated carbocycles. The van der Waals surface area contributed by atoms with Gasteiger partial charge in [-0.05, 0) is 37.5 Å². The Kier molecular flexibility index (Phi) is 7.13. The van der Waals surface area contributed by atoms with Crippen LogP contribution in [-0.4, -0.2) is 24.9 Å². The molecule has 0 bridgehead atoms. The highest BCUT2D eigenvalue weighted by Crippen LogP contribution is 2.26. The maximum Gasteiger partial charge on any atom is 0.252 e. The Morgan fingerprint density at radius 2 is 2.05 bits per heavy atom. The van der Waals surface area contributed by atoms with Crippen molar-refractivity contribution in [3.8, 4) is 0 Å². The van der Waals surface area contributed by atoms with Crippen molar-refractivity contribution in [1.29, 1.82) is 0 Å². The Hall–Kier alpha value is -1.30. The molecule has 122 valence electrons. The molecule has 0 radical (unpaired) electrons. The molecule has 7 heteroatoms. The lowest BCUT2D eigenvalue weighted by atomic mass is 9.85. The summed E-state index contributed by atoms with van der Waals surface area (Å²) in [6.45, 7) is 0. The average molecular weight is 346 g/mol. The fourth-order valence-corrected chi connectivity index (χ4v) is 2.89.